The Hall–Kier alpha value is -3.76. The van der Waals surface area contributed by atoms with Crippen LogP contribution in [0.1, 0.15) is 27.7 Å². The van der Waals surface area contributed by atoms with Crippen molar-refractivity contribution in [3.8, 4) is 0 Å². The molecule has 0 saturated heterocycles. The van der Waals surface area contributed by atoms with E-state index in [2.05, 4.69) is 10.6 Å². The smallest absolute Gasteiger partial charge is 0.337 e. The van der Waals surface area contributed by atoms with Crippen LogP contribution in [0.4, 0.5) is 14.5 Å². The fourth-order valence-corrected chi connectivity index (χ4v) is 3.19. The molecule has 1 aromatic carbocycles. The standard InChI is InChI=1S/C22H24F2N2O7/c1-5-31-20(28)17-11(3)25-12(4)18(21(29)32-6-2)19(17)22(30)33-10-16(27)26-15-8-7-13(23)9-14(15)24/h7-9,19,25H,5-6,10H2,1-4H3,(H,26,27). The van der Waals surface area contributed by atoms with Gasteiger partial charge in [0.1, 0.15) is 17.6 Å². The quantitative estimate of drug-likeness (QED) is 0.443. The first-order valence-electron chi connectivity index (χ1n) is 10.0. The summed E-state index contributed by atoms with van der Waals surface area (Å²) in [6.07, 6.45) is 0. The highest BCUT2D eigenvalue weighted by Gasteiger charge is 2.42. The second kappa shape index (κ2) is 11.2. The summed E-state index contributed by atoms with van der Waals surface area (Å²) in [5.74, 6) is -7.06. The zero-order chi connectivity index (χ0) is 24.7. The SMILES string of the molecule is CCOC(=O)C1=C(C)NC(C)=C(C(=O)OCC)C1C(=O)OCC(=O)Nc1ccc(F)cc1F. The van der Waals surface area contributed by atoms with E-state index in [1.165, 1.54) is 13.8 Å². The van der Waals surface area contributed by atoms with Crippen LogP contribution >= 0.6 is 0 Å². The van der Waals surface area contributed by atoms with Crippen molar-refractivity contribution < 1.29 is 42.2 Å². The number of benzene rings is 1. The topological polar surface area (TPSA) is 120 Å². The number of carbonyl (C=O) groups excluding carboxylic acids is 4. The first-order chi connectivity index (χ1) is 15.6. The fraction of sp³-hybridized carbons (Fsp3) is 0.364. The van der Waals surface area contributed by atoms with E-state index in [-0.39, 0.29) is 41.4 Å². The Morgan fingerprint density at radius 3 is 1.97 bits per heavy atom. The van der Waals surface area contributed by atoms with Crippen molar-refractivity contribution in [3.63, 3.8) is 0 Å². The highest BCUT2D eigenvalue weighted by Crippen LogP contribution is 2.32. The number of carbonyl (C=O) groups is 4. The third-order valence-electron chi connectivity index (χ3n) is 4.54. The maximum Gasteiger partial charge on any atom is 0.337 e. The second-order valence-corrected chi connectivity index (χ2v) is 6.86. The van der Waals surface area contributed by atoms with E-state index in [1.54, 1.807) is 13.8 Å². The molecule has 0 radical (unpaired) electrons. The molecule has 1 aliphatic heterocycles. The number of dihydropyridines is 1. The number of amides is 1. The molecule has 2 N–H and O–H groups in total. The minimum atomic E-state index is -1.51. The molecule has 178 valence electrons. The van der Waals surface area contributed by atoms with Gasteiger partial charge in [0.25, 0.3) is 5.91 Å². The average Bonchev–Trinajstić information content (AvgIpc) is 2.73. The Labute approximate surface area is 188 Å². The van der Waals surface area contributed by atoms with Crippen LogP contribution in [0.25, 0.3) is 0 Å². The van der Waals surface area contributed by atoms with E-state index in [1.807, 2.05) is 0 Å². The van der Waals surface area contributed by atoms with Gasteiger partial charge in [-0.2, -0.15) is 0 Å². The minimum absolute atomic E-state index is 0.0143. The number of halogens is 2. The lowest BCUT2D eigenvalue weighted by Gasteiger charge is -2.28. The molecule has 1 amide bonds. The van der Waals surface area contributed by atoms with Gasteiger partial charge in [-0.1, -0.05) is 0 Å². The molecule has 1 heterocycles. The van der Waals surface area contributed by atoms with E-state index in [0.717, 1.165) is 12.1 Å². The van der Waals surface area contributed by atoms with Crippen molar-refractivity contribution in [2.24, 2.45) is 5.92 Å². The number of anilines is 1. The molecule has 0 unspecified atom stereocenters. The van der Waals surface area contributed by atoms with Crippen LogP contribution in [0, 0.1) is 17.6 Å². The van der Waals surface area contributed by atoms with Gasteiger partial charge in [0.05, 0.1) is 30.0 Å². The van der Waals surface area contributed by atoms with Gasteiger partial charge in [0.2, 0.25) is 0 Å². The van der Waals surface area contributed by atoms with E-state index < -0.39 is 48.0 Å². The van der Waals surface area contributed by atoms with Crippen LogP contribution in [0.3, 0.4) is 0 Å². The Morgan fingerprint density at radius 2 is 1.48 bits per heavy atom. The number of nitrogens with one attached hydrogen (secondary N) is 2. The lowest BCUT2D eigenvalue weighted by molar-refractivity contribution is -0.153. The fourth-order valence-electron chi connectivity index (χ4n) is 3.19. The summed E-state index contributed by atoms with van der Waals surface area (Å²) in [5, 5.41) is 4.99. The predicted molar refractivity (Wildman–Crippen MR) is 111 cm³/mol. The largest absolute Gasteiger partial charge is 0.463 e. The molecule has 11 heteroatoms. The molecule has 0 aliphatic carbocycles. The predicted octanol–water partition coefficient (Wildman–Crippen LogP) is 2.34. The zero-order valence-corrected chi connectivity index (χ0v) is 18.5. The monoisotopic (exact) mass is 466 g/mol. The number of hydrogen-bond acceptors (Lipinski definition) is 8. The lowest BCUT2D eigenvalue weighted by Crippen LogP contribution is -2.39. The normalized spacial score (nSPS) is 13.9. The lowest BCUT2D eigenvalue weighted by atomic mass is 9.85. The first kappa shape index (κ1) is 25.5. The molecule has 33 heavy (non-hydrogen) atoms. The molecular weight excluding hydrogens is 442 g/mol. The summed E-state index contributed by atoms with van der Waals surface area (Å²) in [6.45, 7) is 5.35. The van der Waals surface area contributed by atoms with Crippen LogP contribution < -0.4 is 10.6 Å². The Kier molecular flexibility index (Phi) is 8.66. The van der Waals surface area contributed by atoms with Crippen LogP contribution in [0.15, 0.2) is 40.7 Å². The molecule has 0 spiro atoms. The Balaban J connectivity index is 2.26. The van der Waals surface area contributed by atoms with E-state index >= 15 is 0 Å². The molecule has 9 nitrogen and oxygen atoms in total. The van der Waals surface area contributed by atoms with E-state index in [4.69, 9.17) is 14.2 Å². The summed E-state index contributed by atoms with van der Waals surface area (Å²) in [6, 6.07) is 2.53. The molecular formula is C22H24F2N2O7. The molecule has 1 aromatic rings. The number of esters is 3. The average molecular weight is 466 g/mol. The van der Waals surface area contributed by atoms with Gasteiger partial charge >= 0.3 is 17.9 Å². The Bertz CT molecular complexity index is 994. The molecule has 0 fully saturated rings. The number of rotatable bonds is 8. The maximum absolute atomic E-state index is 13.7. The zero-order valence-electron chi connectivity index (χ0n) is 18.5. The molecule has 2 rings (SSSR count). The van der Waals surface area contributed by atoms with Gasteiger partial charge in [-0.3, -0.25) is 9.59 Å². The summed E-state index contributed by atoms with van der Waals surface area (Å²) in [5.41, 5.74) is -0.122. The van der Waals surface area contributed by atoms with Crippen LogP contribution in [0.2, 0.25) is 0 Å². The van der Waals surface area contributed by atoms with Crippen LogP contribution in [0.5, 0.6) is 0 Å². The molecule has 1 aliphatic rings. The van der Waals surface area contributed by atoms with Crippen molar-refractivity contribution in [1.82, 2.24) is 5.32 Å². The number of hydrogen-bond donors (Lipinski definition) is 2. The van der Waals surface area contributed by atoms with Gasteiger partial charge < -0.3 is 24.8 Å². The Morgan fingerprint density at radius 1 is 0.939 bits per heavy atom. The third kappa shape index (κ3) is 6.15. The highest BCUT2D eigenvalue weighted by atomic mass is 19.1. The molecule has 0 aromatic heterocycles. The summed E-state index contributed by atoms with van der Waals surface area (Å²) in [4.78, 5) is 50.2. The van der Waals surface area contributed by atoms with Crippen molar-refractivity contribution in [1.29, 1.82) is 0 Å². The molecule has 0 bridgehead atoms. The maximum atomic E-state index is 13.7. The van der Waals surface area contributed by atoms with Crippen molar-refractivity contribution in [2.75, 3.05) is 25.1 Å². The van der Waals surface area contributed by atoms with Crippen LogP contribution in [-0.2, 0) is 33.4 Å². The minimum Gasteiger partial charge on any atom is -0.463 e. The highest BCUT2D eigenvalue weighted by molar-refractivity contribution is 6.06. The van der Waals surface area contributed by atoms with Gasteiger partial charge in [-0.25, -0.2) is 18.4 Å². The van der Waals surface area contributed by atoms with E-state index in [0.29, 0.717) is 6.07 Å². The van der Waals surface area contributed by atoms with Gasteiger partial charge in [0.15, 0.2) is 6.61 Å². The van der Waals surface area contributed by atoms with E-state index in [9.17, 15) is 28.0 Å². The summed E-state index contributed by atoms with van der Waals surface area (Å²) < 4.78 is 41.8. The number of allylic oxidation sites excluding steroid dienone is 2. The van der Waals surface area contributed by atoms with Gasteiger partial charge in [-0.15, -0.1) is 0 Å². The third-order valence-corrected chi connectivity index (χ3v) is 4.54. The second-order valence-electron chi connectivity index (χ2n) is 6.86. The number of ether oxygens (including phenoxy) is 3. The van der Waals surface area contributed by atoms with Gasteiger partial charge in [-0.05, 0) is 39.8 Å². The summed E-state index contributed by atoms with van der Waals surface area (Å²) >= 11 is 0. The van der Waals surface area contributed by atoms with Crippen molar-refractivity contribution in [3.05, 3.63) is 52.4 Å². The van der Waals surface area contributed by atoms with Crippen molar-refractivity contribution >= 4 is 29.5 Å². The summed E-state index contributed by atoms with van der Waals surface area (Å²) in [7, 11) is 0. The van der Waals surface area contributed by atoms with Crippen LogP contribution in [-0.4, -0.2) is 43.6 Å². The first-order valence-corrected chi connectivity index (χ1v) is 10.0. The molecule has 0 atom stereocenters. The molecule has 0 saturated carbocycles. The van der Waals surface area contributed by atoms with Gasteiger partial charge in [0, 0.05) is 17.5 Å². The van der Waals surface area contributed by atoms with Crippen molar-refractivity contribution in [2.45, 2.75) is 27.7 Å².